The number of rotatable bonds is 5. The number of hydrogen-bond acceptors (Lipinski definition) is 3. The molecule has 3 rings (SSSR count). The van der Waals surface area contributed by atoms with Gasteiger partial charge in [0.15, 0.2) is 0 Å². The molecular weight excluding hydrogens is 317 g/mol. The van der Waals surface area contributed by atoms with Gasteiger partial charge in [-0.25, -0.2) is 4.39 Å². The number of nitrogens with zero attached hydrogens (tertiary/aromatic N) is 3. The van der Waals surface area contributed by atoms with Gasteiger partial charge >= 0.3 is 0 Å². The quantitative estimate of drug-likeness (QED) is 0.839. The number of carbonyl (C=O) groups excluding carboxylic acids is 1. The summed E-state index contributed by atoms with van der Waals surface area (Å²) in [5.41, 5.74) is 1.64. The fourth-order valence-electron chi connectivity index (χ4n) is 3.36. The van der Waals surface area contributed by atoms with E-state index in [1.54, 1.807) is 18.5 Å². The number of carbonyl (C=O) groups is 1. The van der Waals surface area contributed by atoms with Crippen molar-refractivity contribution in [2.45, 2.75) is 31.8 Å². The van der Waals surface area contributed by atoms with E-state index in [0.29, 0.717) is 18.5 Å². The van der Waals surface area contributed by atoms with Crippen molar-refractivity contribution >= 4 is 5.91 Å². The van der Waals surface area contributed by atoms with Crippen molar-refractivity contribution in [3.8, 4) is 0 Å². The third kappa shape index (κ3) is 4.63. The summed E-state index contributed by atoms with van der Waals surface area (Å²) in [5.74, 6) is -0.0589. The summed E-state index contributed by atoms with van der Waals surface area (Å²) >= 11 is 0. The van der Waals surface area contributed by atoms with Gasteiger partial charge in [0, 0.05) is 44.1 Å². The summed E-state index contributed by atoms with van der Waals surface area (Å²) in [4.78, 5) is 20.7. The predicted molar refractivity (Wildman–Crippen MR) is 95.4 cm³/mol. The van der Waals surface area contributed by atoms with Crippen LogP contribution in [0.2, 0.25) is 0 Å². The van der Waals surface area contributed by atoms with Crippen molar-refractivity contribution < 1.29 is 9.18 Å². The number of likely N-dealkylation sites (tertiary alicyclic amines) is 1. The molecule has 2 heterocycles. The SMILES string of the molecule is CN(C(=O)Cc1cccnc1)[C@@H]1CCCN(Cc2ccccc2F)C1. The van der Waals surface area contributed by atoms with Gasteiger partial charge < -0.3 is 4.90 Å². The number of likely N-dealkylation sites (N-methyl/N-ethyl adjacent to an activating group) is 1. The van der Waals surface area contributed by atoms with Gasteiger partial charge in [-0.2, -0.15) is 0 Å². The zero-order valence-corrected chi connectivity index (χ0v) is 14.6. The lowest BCUT2D eigenvalue weighted by atomic mass is 10.0. The minimum Gasteiger partial charge on any atom is -0.341 e. The highest BCUT2D eigenvalue weighted by molar-refractivity contribution is 5.78. The average Bonchev–Trinajstić information content (AvgIpc) is 2.64. The molecular formula is C20H24FN3O. The van der Waals surface area contributed by atoms with E-state index in [9.17, 15) is 9.18 Å². The van der Waals surface area contributed by atoms with Crippen molar-refractivity contribution in [1.29, 1.82) is 0 Å². The first-order valence-electron chi connectivity index (χ1n) is 8.74. The fourth-order valence-corrected chi connectivity index (χ4v) is 3.36. The number of piperidine rings is 1. The zero-order valence-electron chi connectivity index (χ0n) is 14.6. The molecule has 0 N–H and O–H groups in total. The van der Waals surface area contributed by atoms with E-state index in [1.165, 1.54) is 6.07 Å². The molecule has 0 spiro atoms. The molecule has 1 aliphatic heterocycles. The van der Waals surface area contributed by atoms with E-state index in [4.69, 9.17) is 0 Å². The summed E-state index contributed by atoms with van der Waals surface area (Å²) in [5, 5.41) is 0. The monoisotopic (exact) mass is 341 g/mol. The van der Waals surface area contributed by atoms with Crippen LogP contribution in [0.4, 0.5) is 4.39 Å². The second-order valence-electron chi connectivity index (χ2n) is 6.67. The fraction of sp³-hybridized carbons (Fsp3) is 0.400. The largest absolute Gasteiger partial charge is 0.341 e. The number of halogens is 1. The molecule has 1 fully saturated rings. The summed E-state index contributed by atoms with van der Waals surface area (Å²) in [6.45, 7) is 2.31. The first-order chi connectivity index (χ1) is 12.1. The van der Waals surface area contributed by atoms with E-state index in [1.807, 2.05) is 36.2 Å². The van der Waals surface area contributed by atoms with Crippen molar-refractivity contribution in [3.05, 3.63) is 65.7 Å². The Morgan fingerprint density at radius 2 is 2.16 bits per heavy atom. The first-order valence-corrected chi connectivity index (χ1v) is 8.74. The molecule has 0 unspecified atom stereocenters. The van der Waals surface area contributed by atoms with Crippen LogP contribution < -0.4 is 0 Å². The van der Waals surface area contributed by atoms with Crippen LogP contribution in [0.25, 0.3) is 0 Å². The van der Waals surface area contributed by atoms with Gasteiger partial charge in [-0.3, -0.25) is 14.7 Å². The van der Waals surface area contributed by atoms with Crippen LogP contribution in [-0.4, -0.2) is 46.9 Å². The molecule has 25 heavy (non-hydrogen) atoms. The second-order valence-corrected chi connectivity index (χ2v) is 6.67. The van der Waals surface area contributed by atoms with E-state index < -0.39 is 0 Å². The molecule has 0 saturated carbocycles. The molecule has 1 amide bonds. The van der Waals surface area contributed by atoms with E-state index >= 15 is 0 Å². The van der Waals surface area contributed by atoms with Gasteiger partial charge in [0.25, 0.3) is 0 Å². The van der Waals surface area contributed by atoms with Crippen molar-refractivity contribution in [2.24, 2.45) is 0 Å². The molecule has 1 aromatic carbocycles. The Morgan fingerprint density at radius 1 is 1.32 bits per heavy atom. The Kier molecular flexibility index (Phi) is 5.76. The van der Waals surface area contributed by atoms with Crippen molar-refractivity contribution in [1.82, 2.24) is 14.8 Å². The molecule has 0 radical (unpaired) electrons. The Bertz CT molecular complexity index is 707. The van der Waals surface area contributed by atoms with Crippen LogP contribution in [0.15, 0.2) is 48.8 Å². The number of pyridine rings is 1. The van der Waals surface area contributed by atoms with Crippen LogP contribution in [0.5, 0.6) is 0 Å². The predicted octanol–water partition coefficient (Wildman–Crippen LogP) is 2.89. The van der Waals surface area contributed by atoms with Crippen LogP contribution in [0.1, 0.15) is 24.0 Å². The minimum absolute atomic E-state index is 0.103. The Balaban J connectivity index is 1.58. The molecule has 4 nitrogen and oxygen atoms in total. The van der Waals surface area contributed by atoms with Gasteiger partial charge in [0.2, 0.25) is 5.91 Å². The average molecular weight is 341 g/mol. The molecule has 1 atom stereocenters. The van der Waals surface area contributed by atoms with Crippen LogP contribution in [0.3, 0.4) is 0 Å². The molecule has 2 aromatic rings. The number of amides is 1. The molecule has 0 aliphatic carbocycles. The van der Waals surface area contributed by atoms with Gasteiger partial charge in [-0.15, -0.1) is 0 Å². The van der Waals surface area contributed by atoms with E-state index in [2.05, 4.69) is 9.88 Å². The maximum absolute atomic E-state index is 13.9. The highest BCUT2D eigenvalue weighted by atomic mass is 19.1. The minimum atomic E-state index is -0.161. The third-order valence-electron chi connectivity index (χ3n) is 4.85. The van der Waals surface area contributed by atoms with Gasteiger partial charge in [0.05, 0.1) is 6.42 Å². The molecule has 1 aromatic heterocycles. The second kappa shape index (κ2) is 8.21. The lowest BCUT2D eigenvalue weighted by Crippen LogP contribution is -2.48. The van der Waals surface area contributed by atoms with Crippen LogP contribution in [0, 0.1) is 5.82 Å². The molecule has 1 saturated heterocycles. The lowest BCUT2D eigenvalue weighted by molar-refractivity contribution is -0.132. The van der Waals surface area contributed by atoms with E-state index in [0.717, 1.165) is 31.5 Å². The molecule has 1 aliphatic rings. The maximum atomic E-state index is 13.9. The van der Waals surface area contributed by atoms with Crippen LogP contribution >= 0.6 is 0 Å². The molecule has 0 bridgehead atoms. The summed E-state index contributed by atoms with van der Waals surface area (Å²) < 4.78 is 13.9. The summed E-state index contributed by atoms with van der Waals surface area (Å²) in [6.07, 6.45) is 5.82. The number of aromatic nitrogens is 1. The van der Waals surface area contributed by atoms with Crippen molar-refractivity contribution in [2.75, 3.05) is 20.1 Å². The number of benzene rings is 1. The maximum Gasteiger partial charge on any atom is 0.227 e. The van der Waals surface area contributed by atoms with Crippen molar-refractivity contribution in [3.63, 3.8) is 0 Å². The number of hydrogen-bond donors (Lipinski definition) is 0. The van der Waals surface area contributed by atoms with Crippen LogP contribution in [-0.2, 0) is 17.8 Å². The normalized spacial score (nSPS) is 18.1. The Morgan fingerprint density at radius 3 is 2.92 bits per heavy atom. The topological polar surface area (TPSA) is 36.4 Å². The van der Waals surface area contributed by atoms with Gasteiger partial charge in [-0.1, -0.05) is 24.3 Å². The molecule has 132 valence electrons. The third-order valence-corrected chi connectivity index (χ3v) is 4.85. The Hall–Kier alpha value is -2.27. The zero-order chi connectivity index (χ0) is 17.6. The highest BCUT2D eigenvalue weighted by Crippen LogP contribution is 2.19. The highest BCUT2D eigenvalue weighted by Gasteiger charge is 2.26. The lowest BCUT2D eigenvalue weighted by Gasteiger charge is -2.37. The smallest absolute Gasteiger partial charge is 0.227 e. The van der Waals surface area contributed by atoms with Gasteiger partial charge in [0.1, 0.15) is 5.82 Å². The standard InChI is InChI=1S/C20H24FN3O/c1-23(20(25)12-16-6-4-10-22-13-16)18-8-5-11-24(15-18)14-17-7-2-3-9-19(17)21/h2-4,6-7,9-10,13,18H,5,8,11-12,14-15H2,1H3/t18-/m1/s1. The summed E-state index contributed by atoms with van der Waals surface area (Å²) in [6, 6.07) is 10.8. The van der Waals surface area contributed by atoms with E-state index in [-0.39, 0.29) is 17.8 Å². The summed E-state index contributed by atoms with van der Waals surface area (Å²) in [7, 11) is 1.87. The van der Waals surface area contributed by atoms with Gasteiger partial charge in [-0.05, 0) is 37.1 Å². The first kappa shape index (κ1) is 17.5. The molecule has 5 heteroatoms. The Labute approximate surface area is 148 Å².